The molecule has 0 aliphatic carbocycles. The molecule has 2 aromatic rings. The van der Waals surface area contributed by atoms with Gasteiger partial charge in [0.2, 0.25) is 5.91 Å². The Morgan fingerprint density at radius 2 is 1.68 bits per heavy atom. The van der Waals surface area contributed by atoms with E-state index >= 15 is 0 Å². The van der Waals surface area contributed by atoms with Crippen molar-refractivity contribution in [3.8, 4) is 0 Å². The van der Waals surface area contributed by atoms with Crippen LogP contribution in [0.15, 0.2) is 48.5 Å². The first-order valence-electron chi connectivity index (χ1n) is 6.50. The number of amides is 1. The number of anilines is 1. The number of carbonyl (C=O) groups is 2. The Labute approximate surface area is 131 Å². The van der Waals surface area contributed by atoms with Crippen molar-refractivity contribution >= 4 is 29.3 Å². The third kappa shape index (κ3) is 4.89. The van der Waals surface area contributed by atoms with E-state index in [0.29, 0.717) is 11.4 Å². The largest absolute Gasteiger partial charge is 0.478 e. The van der Waals surface area contributed by atoms with Crippen molar-refractivity contribution in [1.82, 2.24) is 0 Å². The monoisotopic (exact) mass is 319 g/mol. The predicted molar refractivity (Wildman–Crippen MR) is 84.6 cm³/mol. The Morgan fingerprint density at radius 1 is 1.05 bits per heavy atom. The maximum absolute atomic E-state index is 12.7. The SMILES string of the molecule is O=C(CSCc1ccc(C(=O)O)cc1)Nc1ccc(F)cc1. The first-order valence-corrected chi connectivity index (χ1v) is 7.65. The number of aromatic carboxylic acids is 1. The molecule has 0 heterocycles. The van der Waals surface area contributed by atoms with Gasteiger partial charge >= 0.3 is 5.97 Å². The number of carbonyl (C=O) groups excluding carboxylic acids is 1. The first-order chi connectivity index (χ1) is 10.5. The third-order valence-corrected chi connectivity index (χ3v) is 3.83. The Balaban J connectivity index is 1.77. The Hall–Kier alpha value is -2.34. The van der Waals surface area contributed by atoms with Crippen molar-refractivity contribution < 1.29 is 19.1 Å². The van der Waals surface area contributed by atoms with E-state index in [4.69, 9.17) is 5.11 Å². The molecule has 0 aliphatic heterocycles. The van der Waals surface area contributed by atoms with Crippen LogP contribution in [0.2, 0.25) is 0 Å². The lowest BCUT2D eigenvalue weighted by atomic mass is 10.1. The lowest BCUT2D eigenvalue weighted by Gasteiger charge is -2.05. The summed E-state index contributed by atoms with van der Waals surface area (Å²) in [7, 11) is 0. The topological polar surface area (TPSA) is 66.4 Å². The molecule has 2 N–H and O–H groups in total. The molecule has 0 aromatic heterocycles. The first kappa shape index (κ1) is 16.0. The van der Waals surface area contributed by atoms with Crippen molar-refractivity contribution in [3.05, 3.63) is 65.5 Å². The summed E-state index contributed by atoms with van der Waals surface area (Å²) in [6.07, 6.45) is 0. The number of thioether (sulfide) groups is 1. The summed E-state index contributed by atoms with van der Waals surface area (Å²) in [6, 6.07) is 12.1. The van der Waals surface area contributed by atoms with Crippen molar-refractivity contribution in [2.75, 3.05) is 11.1 Å². The van der Waals surface area contributed by atoms with Crippen LogP contribution in [0.1, 0.15) is 15.9 Å². The molecule has 114 valence electrons. The molecular weight excluding hydrogens is 305 g/mol. The highest BCUT2D eigenvalue weighted by Gasteiger charge is 2.05. The van der Waals surface area contributed by atoms with E-state index in [9.17, 15) is 14.0 Å². The van der Waals surface area contributed by atoms with Gasteiger partial charge in [-0.1, -0.05) is 12.1 Å². The molecule has 0 spiro atoms. The van der Waals surface area contributed by atoms with Crippen molar-refractivity contribution in [2.45, 2.75) is 5.75 Å². The quantitative estimate of drug-likeness (QED) is 0.856. The molecule has 1 amide bonds. The lowest BCUT2D eigenvalue weighted by Crippen LogP contribution is -2.14. The zero-order chi connectivity index (χ0) is 15.9. The highest BCUT2D eigenvalue weighted by atomic mass is 32.2. The normalized spacial score (nSPS) is 10.2. The molecule has 0 saturated heterocycles. The highest BCUT2D eigenvalue weighted by Crippen LogP contribution is 2.14. The van der Waals surface area contributed by atoms with Gasteiger partial charge in [-0.15, -0.1) is 11.8 Å². The minimum atomic E-state index is -0.960. The number of rotatable bonds is 6. The van der Waals surface area contributed by atoms with Gasteiger partial charge in [-0.2, -0.15) is 0 Å². The van der Waals surface area contributed by atoms with Crippen LogP contribution in [-0.4, -0.2) is 22.7 Å². The molecule has 2 rings (SSSR count). The molecule has 0 saturated carbocycles. The zero-order valence-corrected chi connectivity index (χ0v) is 12.4. The van der Waals surface area contributed by atoms with Gasteiger partial charge in [-0.3, -0.25) is 4.79 Å². The van der Waals surface area contributed by atoms with Crippen LogP contribution >= 0.6 is 11.8 Å². The summed E-state index contributed by atoms with van der Waals surface area (Å²) in [4.78, 5) is 22.5. The fraction of sp³-hybridized carbons (Fsp3) is 0.125. The van der Waals surface area contributed by atoms with E-state index in [0.717, 1.165) is 5.56 Å². The predicted octanol–water partition coefficient (Wildman–Crippen LogP) is 3.40. The number of nitrogens with one attached hydrogen (secondary N) is 1. The number of hydrogen-bond acceptors (Lipinski definition) is 3. The smallest absolute Gasteiger partial charge is 0.335 e. The lowest BCUT2D eigenvalue weighted by molar-refractivity contribution is -0.113. The average molecular weight is 319 g/mol. The van der Waals surface area contributed by atoms with Crippen LogP contribution in [0.25, 0.3) is 0 Å². The van der Waals surface area contributed by atoms with Crippen LogP contribution in [0.5, 0.6) is 0 Å². The number of hydrogen-bond donors (Lipinski definition) is 2. The molecule has 0 fully saturated rings. The van der Waals surface area contributed by atoms with E-state index in [1.807, 2.05) is 0 Å². The maximum atomic E-state index is 12.7. The minimum Gasteiger partial charge on any atom is -0.478 e. The summed E-state index contributed by atoms with van der Waals surface area (Å²) in [5.41, 5.74) is 1.74. The van der Waals surface area contributed by atoms with Crippen molar-refractivity contribution in [1.29, 1.82) is 0 Å². The van der Waals surface area contributed by atoms with Gasteiger partial charge in [-0.05, 0) is 42.0 Å². The Kier molecular flexibility index (Phi) is 5.55. The molecule has 2 aromatic carbocycles. The Bertz CT molecular complexity index is 656. The number of carboxylic acids is 1. The standard InChI is InChI=1S/C16H14FNO3S/c17-13-5-7-14(8-6-13)18-15(19)10-22-9-11-1-3-12(4-2-11)16(20)21/h1-8H,9-10H2,(H,18,19)(H,20,21). The molecule has 6 heteroatoms. The summed E-state index contributed by atoms with van der Waals surface area (Å²) in [6.45, 7) is 0. The van der Waals surface area contributed by atoms with E-state index in [1.54, 1.807) is 12.1 Å². The van der Waals surface area contributed by atoms with Crippen molar-refractivity contribution in [2.24, 2.45) is 0 Å². The maximum Gasteiger partial charge on any atom is 0.335 e. The molecule has 0 bridgehead atoms. The van der Waals surface area contributed by atoms with Crippen molar-refractivity contribution in [3.63, 3.8) is 0 Å². The van der Waals surface area contributed by atoms with Gasteiger partial charge in [-0.25, -0.2) is 9.18 Å². The van der Waals surface area contributed by atoms with Crippen LogP contribution in [0.3, 0.4) is 0 Å². The van der Waals surface area contributed by atoms with E-state index in [2.05, 4.69) is 5.32 Å². The van der Waals surface area contributed by atoms with E-state index in [-0.39, 0.29) is 23.0 Å². The molecule has 0 atom stereocenters. The molecule has 0 radical (unpaired) electrons. The third-order valence-electron chi connectivity index (χ3n) is 2.83. The van der Waals surface area contributed by atoms with E-state index < -0.39 is 5.97 Å². The summed E-state index contributed by atoms with van der Waals surface area (Å²) >= 11 is 1.42. The number of carboxylic acid groups (broad SMARTS) is 1. The molecule has 0 aliphatic rings. The van der Waals surface area contributed by atoms with Crippen LogP contribution in [0.4, 0.5) is 10.1 Å². The second-order valence-corrected chi connectivity index (χ2v) is 5.54. The summed E-state index contributed by atoms with van der Waals surface area (Å²) in [5, 5.41) is 11.5. The van der Waals surface area contributed by atoms with Crippen LogP contribution < -0.4 is 5.32 Å². The second-order valence-electron chi connectivity index (χ2n) is 4.55. The summed E-state index contributed by atoms with van der Waals surface area (Å²) in [5.74, 6) is -0.608. The fourth-order valence-corrected chi connectivity index (χ4v) is 2.52. The van der Waals surface area contributed by atoms with Crippen LogP contribution in [0, 0.1) is 5.82 Å². The average Bonchev–Trinajstić information content (AvgIpc) is 2.50. The molecule has 0 unspecified atom stereocenters. The molecular formula is C16H14FNO3S. The van der Waals surface area contributed by atoms with Gasteiger partial charge in [0, 0.05) is 11.4 Å². The number of halogens is 1. The second kappa shape index (κ2) is 7.61. The fourth-order valence-electron chi connectivity index (χ4n) is 1.74. The summed E-state index contributed by atoms with van der Waals surface area (Å²) < 4.78 is 12.7. The van der Waals surface area contributed by atoms with Crippen LogP contribution in [-0.2, 0) is 10.5 Å². The van der Waals surface area contributed by atoms with Gasteiger partial charge in [0.1, 0.15) is 5.82 Å². The highest BCUT2D eigenvalue weighted by molar-refractivity contribution is 7.99. The minimum absolute atomic E-state index is 0.168. The van der Waals surface area contributed by atoms with Gasteiger partial charge < -0.3 is 10.4 Å². The number of benzene rings is 2. The van der Waals surface area contributed by atoms with Gasteiger partial charge in [0.15, 0.2) is 0 Å². The van der Waals surface area contributed by atoms with E-state index in [1.165, 1.54) is 48.2 Å². The zero-order valence-electron chi connectivity index (χ0n) is 11.6. The molecule has 4 nitrogen and oxygen atoms in total. The Morgan fingerprint density at radius 3 is 2.27 bits per heavy atom. The molecule has 22 heavy (non-hydrogen) atoms. The van der Waals surface area contributed by atoms with Gasteiger partial charge in [0.05, 0.1) is 11.3 Å². The van der Waals surface area contributed by atoms with Gasteiger partial charge in [0.25, 0.3) is 0 Å².